The normalized spacial score (nSPS) is 17.6. The third-order valence-corrected chi connectivity index (χ3v) is 4.61. The molecule has 1 aromatic heterocycles. The Hall–Kier alpha value is -3.09. The first-order valence-corrected chi connectivity index (χ1v) is 8.58. The van der Waals surface area contributed by atoms with Crippen LogP contribution < -0.4 is 10.1 Å². The first-order chi connectivity index (χ1) is 12.6. The molecule has 2 aliphatic heterocycles. The summed E-state index contributed by atoms with van der Waals surface area (Å²) in [5, 5.41) is 2.91. The Balaban J connectivity index is 1.71. The lowest BCUT2D eigenvalue weighted by molar-refractivity contribution is 0.102. The van der Waals surface area contributed by atoms with Gasteiger partial charge >= 0.3 is 0 Å². The summed E-state index contributed by atoms with van der Waals surface area (Å²) < 4.78 is 10.9. The van der Waals surface area contributed by atoms with E-state index >= 15 is 0 Å². The Morgan fingerprint density at radius 1 is 1.46 bits per heavy atom. The predicted molar refractivity (Wildman–Crippen MR) is 99.9 cm³/mol. The third-order valence-electron chi connectivity index (χ3n) is 4.61. The first-order valence-electron chi connectivity index (χ1n) is 8.58. The van der Waals surface area contributed by atoms with E-state index in [0.29, 0.717) is 34.2 Å². The van der Waals surface area contributed by atoms with Gasteiger partial charge in [0.1, 0.15) is 23.7 Å². The quantitative estimate of drug-likeness (QED) is 0.915. The highest BCUT2D eigenvalue weighted by Gasteiger charge is 2.35. The highest BCUT2D eigenvalue weighted by molar-refractivity contribution is 6.19. The molecule has 0 unspecified atom stereocenters. The molecule has 0 saturated carbocycles. The number of methoxy groups -OCH3 is 1. The number of amidine groups is 1. The van der Waals surface area contributed by atoms with Crippen LogP contribution in [-0.4, -0.2) is 42.7 Å². The summed E-state index contributed by atoms with van der Waals surface area (Å²) >= 11 is 0. The van der Waals surface area contributed by atoms with Crippen molar-refractivity contribution < 1.29 is 13.9 Å². The number of aliphatic imine (C=N–C) groups is 2. The molecule has 3 heterocycles. The summed E-state index contributed by atoms with van der Waals surface area (Å²) in [4.78, 5) is 24.1. The van der Waals surface area contributed by atoms with E-state index in [4.69, 9.17) is 14.1 Å². The van der Waals surface area contributed by atoms with Gasteiger partial charge < -0.3 is 19.4 Å². The molecule has 4 rings (SSSR count). The zero-order valence-corrected chi connectivity index (χ0v) is 14.9. The van der Waals surface area contributed by atoms with E-state index in [0.717, 1.165) is 18.8 Å². The van der Waals surface area contributed by atoms with Gasteiger partial charge in [-0.05, 0) is 25.5 Å². The maximum absolute atomic E-state index is 13.0. The minimum absolute atomic E-state index is 0.201. The zero-order valence-electron chi connectivity index (χ0n) is 14.9. The molecule has 0 spiro atoms. The number of amides is 1. The summed E-state index contributed by atoms with van der Waals surface area (Å²) in [6.07, 6.45) is 2.66. The topological polar surface area (TPSA) is 79.4 Å². The van der Waals surface area contributed by atoms with Crippen LogP contribution in [0.25, 0.3) is 0 Å². The van der Waals surface area contributed by atoms with Crippen LogP contribution in [0.2, 0.25) is 0 Å². The molecular formula is C19H20N4O3. The molecule has 2 aliphatic rings. The number of nitrogens with zero attached hydrogens (tertiary/aromatic N) is 3. The standard InChI is InChI=1S/C19H20N4O3/c1-4-12-9-23-10-20-19-16(17(23)21-12)15(11(2)26-19)18(24)22-13-6-5-7-14(8-13)25-3/h5-8,10,12H,4,9H2,1-3H3,(H,22,24)/t12-/m1/s1. The molecule has 26 heavy (non-hydrogen) atoms. The van der Waals surface area contributed by atoms with Crippen LogP contribution >= 0.6 is 0 Å². The van der Waals surface area contributed by atoms with Crippen molar-refractivity contribution in [2.75, 3.05) is 19.0 Å². The SMILES string of the molecule is CC[C@@H]1CN2C=Nc3oc(C)c(C(=O)Nc4cccc(OC)c4)c3C2=N1. The van der Waals surface area contributed by atoms with Crippen molar-refractivity contribution in [1.82, 2.24) is 4.90 Å². The lowest BCUT2D eigenvalue weighted by atomic mass is 10.1. The number of rotatable bonds is 4. The van der Waals surface area contributed by atoms with E-state index in [1.165, 1.54) is 0 Å². The average Bonchev–Trinajstić information content (AvgIpc) is 3.21. The lowest BCUT2D eigenvalue weighted by Crippen LogP contribution is -2.31. The Morgan fingerprint density at radius 2 is 2.31 bits per heavy atom. The first kappa shape index (κ1) is 16.4. The monoisotopic (exact) mass is 352 g/mol. The van der Waals surface area contributed by atoms with Crippen molar-refractivity contribution in [2.45, 2.75) is 26.3 Å². The van der Waals surface area contributed by atoms with Gasteiger partial charge in [-0.25, -0.2) is 4.99 Å². The molecule has 7 nitrogen and oxygen atoms in total. The molecule has 0 aliphatic carbocycles. The van der Waals surface area contributed by atoms with Gasteiger partial charge in [-0.1, -0.05) is 13.0 Å². The summed E-state index contributed by atoms with van der Waals surface area (Å²) in [6, 6.07) is 7.43. The summed E-state index contributed by atoms with van der Waals surface area (Å²) in [5.74, 6) is 2.15. The van der Waals surface area contributed by atoms with E-state index < -0.39 is 0 Å². The molecule has 0 saturated heterocycles. The van der Waals surface area contributed by atoms with Crippen molar-refractivity contribution in [3.05, 3.63) is 41.2 Å². The minimum Gasteiger partial charge on any atom is -0.497 e. The number of carbonyl (C=O) groups excluding carboxylic acids is 1. The van der Waals surface area contributed by atoms with Crippen molar-refractivity contribution in [3.63, 3.8) is 0 Å². The molecule has 7 heteroatoms. The van der Waals surface area contributed by atoms with Gasteiger partial charge in [0.05, 0.1) is 24.3 Å². The number of benzene rings is 1. The predicted octanol–water partition coefficient (Wildman–Crippen LogP) is 3.36. The Kier molecular flexibility index (Phi) is 3.99. The Labute approximate surface area is 151 Å². The number of hydrogen-bond acceptors (Lipinski definition) is 6. The molecule has 134 valence electrons. The molecule has 0 radical (unpaired) electrons. The van der Waals surface area contributed by atoms with Crippen molar-refractivity contribution in [1.29, 1.82) is 0 Å². The second-order valence-corrected chi connectivity index (χ2v) is 6.31. The van der Waals surface area contributed by atoms with Crippen LogP contribution in [0.3, 0.4) is 0 Å². The number of furan rings is 1. The van der Waals surface area contributed by atoms with Crippen molar-refractivity contribution >= 4 is 29.7 Å². The number of carbonyl (C=O) groups is 1. The van der Waals surface area contributed by atoms with E-state index in [1.54, 1.807) is 26.4 Å². The molecule has 1 amide bonds. The van der Waals surface area contributed by atoms with E-state index in [9.17, 15) is 4.79 Å². The third kappa shape index (κ3) is 2.65. The van der Waals surface area contributed by atoms with E-state index in [1.807, 2.05) is 23.1 Å². The molecule has 0 fully saturated rings. The van der Waals surface area contributed by atoms with Gasteiger partial charge in [-0.3, -0.25) is 9.79 Å². The van der Waals surface area contributed by atoms with Crippen LogP contribution in [0.1, 0.15) is 35.0 Å². The largest absolute Gasteiger partial charge is 0.497 e. The molecular weight excluding hydrogens is 332 g/mol. The zero-order chi connectivity index (χ0) is 18.3. The van der Waals surface area contributed by atoms with E-state index in [-0.39, 0.29) is 11.9 Å². The average molecular weight is 352 g/mol. The highest BCUT2D eigenvalue weighted by atomic mass is 16.5. The smallest absolute Gasteiger partial charge is 0.260 e. The summed E-state index contributed by atoms with van der Waals surface area (Å²) in [7, 11) is 1.59. The van der Waals surface area contributed by atoms with Crippen LogP contribution in [0.5, 0.6) is 5.75 Å². The molecule has 1 N–H and O–H groups in total. The summed E-state index contributed by atoms with van der Waals surface area (Å²) in [5.41, 5.74) is 1.79. The maximum Gasteiger partial charge on any atom is 0.260 e. The number of hydrogen-bond donors (Lipinski definition) is 1. The van der Waals surface area contributed by atoms with Gasteiger partial charge in [0.2, 0.25) is 5.88 Å². The lowest BCUT2D eigenvalue weighted by Gasteiger charge is -2.18. The second kappa shape index (κ2) is 6.33. The van der Waals surface area contributed by atoms with Gasteiger partial charge in [-0.15, -0.1) is 0 Å². The number of fused-ring (bicyclic) bond motifs is 3. The van der Waals surface area contributed by atoms with Gasteiger partial charge in [0.15, 0.2) is 0 Å². The number of anilines is 1. The van der Waals surface area contributed by atoms with Crippen LogP contribution in [0, 0.1) is 6.92 Å². The van der Waals surface area contributed by atoms with Crippen molar-refractivity contribution in [2.24, 2.45) is 9.98 Å². The maximum atomic E-state index is 13.0. The number of ether oxygens (including phenoxy) is 1. The Bertz CT molecular complexity index is 929. The van der Waals surface area contributed by atoms with Crippen molar-refractivity contribution in [3.8, 4) is 5.75 Å². The Morgan fingerprint density at radius 3 is 3.08 bits per heavy atom. The van der Waals surface area contributed by atoms with Crippen LogP contribution in [0.15, 0.2) is 38.7 Å². The fraction of sp³-hybridized carbons (Fsp3) is 0.316. The molecule has 2 aromatic rings. The number of aryl methyl sites for hydroxylation is 1. The molecule has 1 aromatic carbocycles. The minimum atomic E-state index is -0.250. The van der Waals surface area contributed by atoms with Crippen LogP contribution in [-0.2, 0) is 0 Å². The van der Waals surface area contributed by atoms with Crippen LogP contribution in [0.4, 0.5) is 11.6 Å². The fourth-order valence-corrected chi connectivity index (χ4v) is 3.25. The molecule has 0 bridgehead atoms. The number of nitrogens with one attached hydrogen (secondary N) is 1. The van der Waals surface area contributed by atoms with E-state index in [2.05, 4.69) is 17.2 Å². The second-order valence-electron chi connectivity index (χ2n) is 6.31. The van der Waals surface area contributed by atoms with Gasteiger partial charge in [0.25, 0.3) is 5.91 Å². The van der Waals surface area contributed by atoms with Gasteiger partial charge in [0, 0.05) is 18.3 Å². The fourth-order valence-electron chi connectivity index (χ4n) is 3.25. The summed E-state index contributed by atoms with van der Waals surface area (Å²) in [6.45, 7) is 4.64. The molecule has 1 atom stereocenters. The van der Waals surface area contributed by atoms with Gasteiger partial charge in [-0.2, -0.15) is 0 Å². The highest BCUT2D eigenvalue weighted by Crippen LogP contribution is 2.35.